The van der Waals surface area contributed by atoms with Gasteiger partial charge in [0.25, 0.3) is 0 Å². The molecule has 5 nitrogen and oxygen atoms in total. The summed E-state index contributed by atoms with van der Waals surface area (Å²) < 4.78 is 1.72. The highest BCUT2D eigenvalue weighted by Gasteiger charge is 2.41. The third-order valence-corrected chi connectivity index (χ3v) is 3.08. The van der Waals surface area contributed by atoms with Gasteiger partial charge in [0.2, 0.25) is 0 Å². The van der Waals surface area contributed by atoms with Crippen LogP contribution < -0.4 is 5.32 Å². The number of hydrogen-bond donors (Lipinski definition) is 1. The molecule has 0 saturated heterocycles. The number of nitriles is 1. The Morgan fingerprint density at radius 3 is 3.00 bits per heavy atom. The molecule has 1 fully saturated rings. The van der Waals surface area contributed by atoms with E-state index < -0.39 is 0 Å². The Morgan fingerprint density at radius 1 is 1.62 bits per heavy atom. The van der Waals surface area contributed by atoms with Gasteiger partial charge in [0.15, 0.2) is 5.82 Å². The highest BCUT2D eigenvalue weighted by Crippen LogP contribution is 2.47. The second kappa shape index (κ2) is 4.62. The molecular formula is C11H17N5. The van der Waals surface area contributed by atoms with E-state index in [1.165, 1.54) is 12.8 Å². The molecular weight excluding hydrogens is 202 g/mol. The minimum Gasteiger partial charge on any atom is -0.316 e. The lowest BCUT2D eigenvalue weighted by molar-refractivity contribution is 0.467. The number of hydrogen-bond acceptors (Lipinski definition) is 4. The molecule has 1 aliphatic carbocycles. The topological polar surface area (TPSA) is 66.5 Å². The molecule has 0 spiro atoms. The molecule has 0 radical (unpaired) electrons. The number of aromatic nitrogens is 3. The van der Waals surface area contributed by atoms with Gasteiger partial charge in [-0.2, -0.15) is 10.4 Å². The average Bonchev–Trinajstić information content (AvgIpc) is 2.90. The Labute approximate surface area is 95.5 Å². The fourth-order valence-electron chi connectivity index (χ4n) is 1.81. The predicted molar refractivity (Wildman–Crippen MR) is 59.5 cm³/mol. The van der Waals surface area contributed by atoms with Crippen molar-refractivity contribution in [2.24, 2.45) is 12.5 Å². The Kier molecular flexibility index (Phi) is 3.20. The van der Waals surface area contributed by atoms with E-state index in [2.05, 4.69) is 21.5 Å². The van der Waals surface area contributed by atoms with Crippen molar-refractivity contribution in [3.8, 4) is 6.07 Å². The highest BCUT2D eigenvalue weighted by atomic mass is 15.3. The molecule has 1 aromatic rings. The minimum absolute atomic E-state index is 0.284. The van der Waals surface area contributed by atoms with Crippen LogP contribution in [0.1, 0.15) is 25.1 Å². The van der Waals surface area contributed by atoms with Crippen LogP contribution in [0.25, 0.3) is 0 Å². The zero-order chi connectivity index (χ0) is 11.4. The van der Waals surface area contributed by atoms with E-state index in [9.17, 15) is 0 Å². The second-order valence-electron chi connectivity index (χ2n) is 4.60. The third-order valence-electron chi connectivity index (χ3n) is 3.08. The van der Waals surface area contributed by atoms with Crippen LogP contribution in [0.3, 0.4) is 0 Å². The van der Waals surface area contributed by atoms with Crippen LogP contribution in [-0.2, 0) is 13.5 Å². The van der Waals surface area contributed by atoms with Crippen LogP contribution in [0, 0.1) is 16.7 Å². The molecule has 1 saturated carbocycles. The fraction of sp³-hybridized carbons (Fsp3) is 0.727. The van der Waals surface area contributed by atoms with Crippen molar-refractivity contribution >= 4 is 0 Å². The maximum absolute atomic E-state index is 8.68. The first kappa shape index (κ1) is 11.1. The van der Waals surface area contributed by atoms with E-state index in [4.69, 9.17) is 5.26 Å². The van der Waals surface area contributed by atoms with Crippen LogP contribution in [0.4, 0.5) is 0 Å². The van der Waals surface area contributed by atoms with Crippen LogP contribution in [0.2, 0.25) is 0 Å². The maximum Gasteiger partial charge on any atom is 0.151 e. The predicted octanol–water partition coefficient (Wildman–Crippen LogP) is 0.641. The SMILES string of the molecule is Cn1cnc(CCNCC2(CC#N)CC2)n1. The normalized spacial score (nSPS) is 17.0. The zero-order valence-electron chi connectivity index (χ0n) is 9.61. The molecule has 0 unspecified atom stereocenters. The van der Waals surface area contributed by atoms with Gasteiger partial charge in [-0.1, -0.05) is 0 Å². The molecule has 86 valence electrons. The van der Waals surface area contributed by atoms with Gasteiger partial charge in [-0.3, -0.25) is 4.68 Å². The Balaban J connectivity index is 1.64. The van der Waals surface area contributed by atoms with Crippen LogP contribution >= 0.6 is 0 Å². The van der Waals surface area contributed by atoms with Gasteiger partial charge < -0.3 is 5.32 Å². The van der Waals surface area contributed by atoms with E-state index >= 15 is 0 Å². The van der Waals surface area contributed by atoms with Gasteiger partial charge in [-0.05, 0) is 18.3 Å². The van der Waals surface area contributed by atoms with Crippen LogP contribution in [-0.4, -0.2) is 27.9 Å². The first-order valence-electron chi connectivity index (χ1n) is 5.66. The molecule has 16 heavy (non-hydrogen) atoms. The van der Waals surface area contributed by atoms with Crippen molar-refractivity contribution in [1.29, 1.82) is 5.26 Å². The lowest BCUT2D eigenvalue weighted by atomic mass is 10.0. The summed E-state index contributed by atoms with van der Waals surface area (Å²) in [5.74, 6) is 0.875. The smallest absolute Gasteiger partial charge is 0.151 e. The van der Waals surface area contributed by atoms with Crippen molar-refractivity contribution in [2.75, 3.05) is 13.1 Å². The minimum atomic E-state index is 0.284. The number of nitrogens with zero attached hydrogens (tertiary/aromatic N) is 4. The van der Waals surface area contributed by atoms with Crippen molar-refractivity contribution in [1.82, 2.24) is 20.1 Å². The second-order valence-corrected chi connectivity index (χ2v) is 4.60. The quantitative estimate of drug-likeness (QED) is 0.713. The van der Waals surface area contributed by atoms with E-state index in [1.54, 1.807) is 11.0 Å². The molecule has 1 N–H and O–H groups in total. The first-order chi connectivity index (χ1) is 7.74. The lowest BCUT2D eigenvalue weighted by Gasteiger charge is -2.11. The standard InChI is InChI=1S/C11H17N5/c1-16-9-14-10(15-16)2-7-13-8-11(3-4-11)5-6-12/h9,13H,2-5,7-8H2,1H3. The molecule has 0 aliphatic heterocycles. The summed E-state index contributed by atoms with van der Waals surface area (Å²) in [4.78, 5) is 4.16. The Morgan fingerprint density at radius 2 is 2.44 bits per heavy atom. The van der Waals surface area contributed by atoms with Gasteiger partial charge in [-0.25, -0.2) is 4.98 Å². The number of aryl methyl sites for hydroxylation is 1. The summed E-state index contributed by atoms with van der Waals surface area (Å²) in [6.07, 6.45) is 5.63. The maximum atomic E-state index is 8.68. The van der Waals surface area contributed by atoms with E-state index in [0.717, 1.165) is 25.3 Å². The molecule has 0 amide bonds. The Bertz CT molecular complexity index is 385. The van der Waals surface area contributed by atoms with E-state index in [0.29, 0.717) is 6.42 Å². The summed E-state index contributed by atoms with van der Waals surface area (Å²) in [6, 6.07) is 2.26. The summed E-state index contributed by atoms with van der Waals surface area (Å²) in [6.45, 7) is 1.84. The highest BCUT2D eigenvalue weighted by molar-refractivity contribution is 5.00. The number of nitrogens with one attached hydrogen (secondary N) is 1. The summed E-state index contributed by atoms with van der Waals surface area (Å²) >= 11 is 0. The average molecular weight is 219 g/mol. The van der Waals surface area contributed by atoms with Crippen molar-refractivity contribution in [3.05, 3.63) is 12.2 Å². The van der Waals surface area contributed by atoms with Crippen molar-refractivity contribution < 1.29 is 0 Å². The zero-order valence-corrected chi connectivity index (χ0v) is 9.61. The van der Waals surface area contributed by atoms with Crippen molar-refractivity contribution in [3.63, 3.8) is 0 Å². The van der Waals surface area contributed by atoms with Gasteiger partial charge in [0.1, 0.15) is 6.33 Å². The molecule has 1 aromatic heterocycles. The van der Waals surface area contributed by atoms with Crippen LogP contribution in [0.15, 0.2) is 6.33 Å². The summed E-state index contributed by atoms with van der Waals surface area (Å²) in [7, 11) is 1.87. The molecule has 5 heteroatoms. The molecule has 1 aliphatic rings. The summed E-state index contributed by atoms with van der Waals surface area (Å²) in [5, 5.41) is 16.3. The fourth-order valence-corrected chi connectivity index (χ4v) is 1.81. The number of rotatable bonds is 6. The monoisotopic (exact) mass is 219 g/mol. The largest absolute Gasteiger partial charge is 0.316 e. The lowest BCUT2D eigenvalue weighted by Crippen LogP contribution is -2.26. The van der Waals surface area contributed by atoms with Crippen molar-refractivity contribution in [2.45, 2.75) is 25.7 Å². The van der Waals surface area contributed by atoms with E-state index in [-0.39, 0.29) is 5.41 Å². The van der Waals surface area contributed by atoms with E-state index in [1.807, 2.05) is 7.05 Å². The van der Waals surface area contributed by atoms with Gasteiger partial charge in [-0.15, -0.1) is 0 Å². The molecule has 2 rings (SSSR count). The van der Waals surface area contributed by atoms with Crippen LogP contribution in [0.5, 0.6) is 0 Å². The third kappa shape index (κ3) is 2.80. The van der Waals surface area contributed by atoms with Gasteiger partial charge >= 0.3 is 0 Å². The summed E-state index contributed by atoms with van der Waals surface area (Å²) in [5.41, 5.74) is 0.284. The molecule has 0 aromatic carbocycles. The first-order valence-corrected chi connectivity index (χ1v) is 5.66. The van der Waals surface area contributed by atoms with Gasteiger partial charge in [0.05, 0.1) is 6.07 Å². The Hall–Kier alpha value is -1.41. The molecule has 0 atom stereocenters. The molecule has 0 bridgehead atoms. The molecule has 1 heterocycles. The van der Waals surface area contributed by atoms with Gasteiger partial charge in [0, 0.05) is 33.0 Å².